The van der Waals surface area contributed by atoms with Gasteiger partial charge in [-0.05, 0) is 54.6 Å². The molecule has 35 heavy (non-hydrogen) atoms. The van der Waals surface area contributed by atoms with Gasteiger partial charge in [-0.15, -0.1) is 18.3 Å². The van der Waals surface area contributed by atoms with Gasteiger partial charge in [0.15, 0.2) is 0 Å². The van der Waals surface area contributed by atoms with Crippen LogP contribution in [0.4, 0.5) is 18.9 Å². The highest BCUT2D eigenvalue weighted by Gasteiger charge is 2.31. The van der Waals surface area contributed by atoms with E-state index in [-0.39, 0.29) is 10.5 Å². The molecule has 4 aromatic rings. The smallest absolute Gasteiger partial charge is 0.406 e. The molecule has 0 fully saturated rings. The topological polar surface area (TPSA) is 129 Å². The highest BCUT2D eigenvalue weighted by molar-refractivity contribution is 7.89. The Morgan fingerprint density at radius 2 is 1.71 bits per heavy atom. The molecule has 3 aromatic carbocycles. The fourth-order valence-electron chi connectivity index (χ4n) is 3.10. The lowest BCUT2D eigenvalue weighted by Crippen LogP contribution is -2.18. The number of halogens is 3. The Balaban J connectivity index is 1.51. The summed E-state index contributed by atoms with van der Waals surface area (Å²) >= 11 is 0. The van der Waals surface area contributed by atoms with Crippen molar-refractivity contribution in [1.29, 1.82) is 0 Å². The number of hydrogen-bond acceptors (Lipinski definition) is 6. The summed E-state index contributed by atoms with van der Waals surface area (Å²) in [5.74, 6) is -1.14. The molecule has 180 valence electrons. The molecule has 13 heteroatoms. The fraction of sp³-hybridized carbons (Fsp3) is 0.0455. The molecular weight excluding hydrogens is 487 g/mol. The van der Waals surface area contributed by atoms with Crippen molar-refractivity contribution in [3.63, 3.8) is 0 Å². The molecule has 9 nitrogen and oxygen atoms in total. The van der Waals surface area contributed by atoms with Crippen LogP contribution in [0.3, 0.4) is 0 Å². The number of benzene rings is 3. The molecular formula is C22H16F3N5O4S. The van der Waals surface area contributed by atoms with Crippen LogP contribution < -0.4 is 15.2 Å². The number of sulfonamides is 1. The Morgan fingerprint density at radius 3 is 2.40 bits per heavy atom. The molecule has 1 amide bonds. The zero-order valence-electron chi connectivity index (χ0n) is 17.6. The lowest BCUT2D eigenvalue weighted by molar-refractivity contribution is -0.274. The van der Waals surface area contributed by atoms with Crippen LogP contribution in [0.25, 0.3) is 16.9 Å². The van der Waals surface area contributed by atoms with E-state index in [4.69, 9.17) is 5.14 Å². The van der Waals surface area contributed by atoms with Gasteiger partial charge in [0.1, 0.15) is 11.4 Å². The molecule has 4 rings (SSSR count). The van der Waals surface area contributed by atoms with Gasteiger partial charge in [0, 0.05) is 16.8 Å². The molecule has 0 aliphatic carbocycles. The molecule has 1 heterocycles. The highest BCUT2D eigenvalue weighted by Crippen LogP contribution is 2.25. The van der Waals surface area contributed by atoms with Crippen LogP contribution in [0.15, 0.2) is 83.9 Å². The Labute approximate surface area is 197 Å². The molecule has 0 saturated heterocycles. The van der Waals surface area contributed by atoms with Crippen molar-refractivity contribution in [2.24, 2.45) is 5.14 Å². The van der Waals surface area contributed by atoms with Gasteiger partial charge in [-0.3, -0.25) is 4.79 Å². The maximum Gasteiger partial charge on any atom is 0.573 e. The number of primary sulfonamides is 1. The summed E-state index contributed by atoms with van der Waals surface area (Å²) in [7, 11) is -3.82. The quantitative estimate of drug-likeness (QED) is 0.413. The first-order chi connectivity index (χ1) is 16.5. The number of nitrogens with one attached hydrogen (secondary N) is 1. The van der Waals surface area contributed by atoms with Crippen molar-refractivity contribution in [3.8, 4) is 22.7 Å². The number of carbonyl (C=O) groups excluding carboxylic acids is 1. The first-order valence-corrected chi connectivity index (χ1v) is 11.4. The summed E-state index contributed by atoms with van der Waals surface area (Å²) in [6.45, 7) is 0. The van der Waals surface area contributed by atoms with E-state index in [9.17, 15) is 26.4 Å². The molecule has 0 unspecified atom stereocenters. The van der Waals surface area contributed by atoms with E-state index >= 15 is 0 Å². The second-order valence-corrected chi connectivity index (χ2v) is 8.76. The number of ether oxygens (including phenoxy) is 1. The molecule has 3 N–H and O–H groups in total. The minimum Gasteiger partial charge on any atom is -0.406 e. The Kier molecular flexibility index (Phi) is 6.28. The lowest BCUT2D eigenvalue weighted by Gasteiger charge is -2.10. The minimum atomic E-state index is -4.87. The van der Waals surface area contributed by atoms with E-state index in [1.54, 1.807) is 30.5 Å². The van der Waals surface area contributed by atoms with Crippen LogP contribution in [-0.2, 0) is 10.0 Å². The van der Waals surface area contributed by atoms with Crippen molar-refractivity contribution < 1.29 is 31.1 Å². The largest absolute Gasteiger partial charge is 0.573 e. The number of hydrogen-bond donors (Lipinski definition) is 2. The number of anilines is 1. The van der Waals surface area contributed by atoms with E-state index in [2.05, 4.69) is 20.4 Å². The van der Waals surface area contributed by atoms with Crippen LogP contribution >= 0.6 is 0 Å². The number of nitrogens with zero attached hydrogens (tertiary/aromatic N) is 3. The minimum absolute atomic E-state index is 0.0222. The van der Waals surface area contributed by atoms with Crippen molar-refractivity contribution in [2.75, 3.05) is 5.32 Å². The van der Waals surface area contributed by atoms with Crippen molar-refractivity contribution in [2.45, 2.75) is 11.3 Å². The van der Waals surface area contributed by atoms with Crippen LogP contribution in [0, 0.1) is 0 Å². The third kappa shape index (κ3) is 6.02. The van der Waals surface area contributed by atoms with Crippen molar-refractivity contribution in [3.05, 3.63) is 84.6 Å². The molecule has 0 aliphatic heterocycles. The summed E-state index contributed by atoms with van der Waals surface area (Å²) in [6, 6.07) is 17.1. The molecule has 0 aliphatic rings. The van der Waals surface area contributed by atoms with Gasteiger partial charge in [-0.25, -0.2) is 18.2 Å². The highest BCUT2D eigenvalue weighted by atomic mass is 32.2. The molecule has 0 radical (unpaired) electrons. The maximum absolute atomic E-state index is 12.5. The van der Waals surface area contributed by atoms with Gasteiger partial charge in [0.25, 0.3) is 5.91 Å². The van der Waals surface area contributed by atoms with E-state index in [0.29, 0.717) is 22.6 Å². The van der Waals surface area contributed by atoms with E-state index < -0.39 is 28.0 Å². The fourth-order valence-corrected chi connectivity index (χ4v) is 3.62. The standard InChI is InChI=1S/C22H16F3N5O4S/c23-22(24,25)34-18-6-2-4-15(12-18)21(31)27-16-5-1-3-14(11-16)20-13-30(29-28-20)17-7-9-19(10-8-17)35(26,32)33/h1-13H,(H,27,31)(H2,26,32,33). The summed E-state index contributed by atoms with van der Waals surface area (Å²) < 4.78 is 65.4. The summed E-state index contributed by atoms with van der Waals surface area (Å²) in [4.78, 5) is 12.5. The van der Waals surface area contributed by atoms with Crippen LogP contribution in [-0.4, -0.2) is 35.7 Å². The van der Waals surface area contributed by atoms with Crippen molar-refractivity contribution >= 4 is 21.6 Å². The first kappa shape index (κ1) is 23.9. The Morgan fingerprint density at radius 1 is 1.00 bits per heavy atom. The first-order valence-electron chi connectivity index (χ1n) is 9.81. The van der Waals surface area contributed by atoms with Gasteiger partial charge in [-0.1, -0.05) is 23.4 Å². The maximum atomic E-state index is 12.5. The number of amides is 1. The van der Waals surface area contributed by atoms with E-state index in [0.717, 1.165) is 12.1 Å². The second-order valence-electron chi connectivity index (χ2n) is 7.20. The molecule has 0 saturated carbocycles. The molecule has 1 aromatic heterocycles. The Bertz CT molecular complexity index is 1490. The van der Waals surface area contributed by atoms with Gasteiger partial charge in [0.05, 0.1) is 16.8 Å². The van der Waals surface area contributed by atoms with Gasteiger partial charge in [0.2, 0.25) is 10.0 Å². The zero-order valence-corrected chi connectivity index (χ0v) is 18.4. The third-order valence-corrected chi connectivity index (χ3v) is 5.60. The SMILES string of the molecule is NS(=O)(=O)c1ccc(-n2cc(-c3cccc(NC(=O)c4cccc(OC(F)(F)F)c4)c3)nn2)cc1. The number of nitrogens with two attached hydrogens (primary N) is 1. The average Bonchev–Trinajstić information content (AvgIpc) is 3.28. The normalized spacial score (nSPS) is 11.8. The van der Waals surface area contributed by atoms with Crippen LogP contribution in [0.1, 0.15) is 10.4 Å². The molecule has 0 atom stereocenters. The average molecular weight is 503 g/mol. The second kappa shape index (κ2) is 9.19. The number of aromatic nitrogens is 3. The summed E-state index contributed by atoms with van der Waals surface area (Å²) in [5.41, 5.74) is 1.95. The van der Waals surface area contributed by atoms with Crippen LogP contribution in [0.5, 0.6) is 5.75 Å². The monoisotopic (exact) mass is 503 g/mol. The van der Waals surface area contributed by atoms with Gasteiger partial charge < -0.3 is 10.1 Å². The van der Waals surface area contributed by atoms with Crippen molar-refractivity contribution in [1.82, 2.24) is 15.0 Å². The predicted molar refractivity (Wildman–Crippen MR) is 119 cm³/mol. The Hall–Kier alpha value is -4.23. The van der Waals surface area contributed by atoms with Crippen LogP contribution in [0.2, 0.25) is 0 Å². The lowest BCUT2D eigenvalue weighted by atomic mass is 10.1. The van der Waals surface area contributed by atoms with E-state index in [1.165, 1.54) is 41.1 Å². The van der Waals surface area contributed by atoms with E-state index in [1.807, 2.05) is 0 Å². The number of alkyl halides is 3. The summed E-state index contributed by atoms with van der Waals surface area (Å²) in [5, 5.41) is 15.8. The molecule has 0 spiro atoms. The molecule has 0 bridgehead atoms. The predicted octanol–water partition coefficient (Wildman–Crippen LogP) is 3.73. The number of carbonyl (C=O) groups is 1. The summed E-state index contributed by atoms with van der Waals surface area (Å²) in [6.07, 6.45) is -3.27. The van der Waals surface area contributed by atoms with Gasteiger partial charge in [-0.2, -0.15) is 0 Å². The zero-order chi connectivity index (χ0) is 25.2. The third-order valence-electron chi connectivity index (χ3n) is 4.67. The van der Waals surface area contributed by atoms with Gasteiger partial charge >= 0.3 is 6.36 Å². The number of rotatable bonds is 6.